The second kappa shape index (κ2) is 8.48. The molecule has 9 heteroatoms. The highest BCUT2D eigenvalue weighted by atomic mass is 19.3. The number of benzene rings is 2. The molecule has 0 N–H and O–H groups in total. The summed E-state index contributed by atoms with van der Waals surface area (Å²) in [6, 6.07) is 10.3. The molecule has 1 amide bonds. The van der Waals surface area contributed by atoms with Crippen molar-refractivity contribution in [1.82, 2.24) is 14.5 Å². The van der Waals surface area contributed by atoms with Gasteiger partial charge in [-0.2, -0.15) is 0 Å². The molecule has 7 nitrogen and oxygen atoms in total. The van der Waals surface area contributed by atoms with Gasteiger partial charge in [0.1, 0.15) is 5.75 Å². The Bertz CT molecular complexity index is 1280. The van der Waals surface area contributed by atoms with Crippen molar-refractivity contribution in [1.29, 1.82) is 0 Å². The number of hydrogen-bond donors (Lipinski definition) is 0. The van der Waals surface area contributed by atoms with Gasteiger partial charge in [-0.05, 0) is 61.2 Å². The predicted molar refractivity (Wildman–Crippen MR) is 120 cm³/mol. The molecule has 2 aromatic carbocycles. The van der Waals surface area contributed by atoms with E-state index in [9.17, 15) is 13.6 Å². The lowest BCUT2D eigenvalue weighted by molar-refractivity contribution is -0.286. The fraction of sp³-hybridized carbons (Fsp3) is 0.280. The smallest absolute Gasteiger partial charge is 0.495 e. The van der Waals surface area contributed by atoms with Gasteiger partial charge in [0.15, 0.2) is 11.5 Å². The van der Waals surface area contributed by atoms with Crippen molar-refractivity contribution in [2.75, 3.05) is 13.7 Å². The first-order valence-electron chi connectivity index (χ1n) is 10.9. The first kappa shape index (κ1) is 21.9. The van der Waals surface area contributed by atoms with E-state index in [1.54, 1.807) is 24.4 Å². The minimum atomic E-state index is -3.66. The number of imidazole rings is 1. The van der Waals surface area contributed by atoms with Crippen LogP contribution in [0, 0.1) is 6.92 Å². The number of amides is 1. The van der Waals surface area contributed by atoms with E-state index >= 15 is 0 Å². The molecule has 5 rings (SSSR count). The van der Waals surface area contributed by atoms with Gasteiger partial charge in [-0.15, -0.1) is 8.78 Å². The maximum Gasteiger partial charge on any atom is 0.586 e. The summed E-state index contributed by atoms with van der Waals surface area (Å²) in [5.41, 5.74) is 3.99. The van der Waals surface area contributed by atoms with Crippen LogP contribution in [0.1, 0.15) is 29.7 Å². The number of piperidine rings is 1. The van der Waals surface area contributed by atoms with Gasteiger partial charge in [0.25, 0.3) is 0 Å². The van der Waals surface area contributed by atoms with Crippen LogP contribution in [0.5, 0.6) is 17.2 Å². The van der Waals surface area contributed by atoms with Crippen LogP contribution in [0.15, 0.2) is 54.5 Å². The van der Waals surface area contributed by atoms with Crippen molar-refractivity contribution in [3.05, 3.63) is 71.3 Å². The number of ether oxygens (including phenoxy) is 3. The van der Waals surface area contributed by atoms with E-state index in [0.717, 1.165) is 23.4 Å². The summed E-state index contributed by atoms with van der Waals surface area (Å²) in [6.45, 7) is 2.80. The van der Waals surface area contributed by atoms with Crippen LogP contribution in [0.4, 0.5) is 8.78 Å². The van der Waals surface area contributed by atoms with Crippen LogP contribution in [0.2, 0.25) is 0 Å². The lowest BCUT2D eigenvalue weighted by Crippen LogP contribution is -2.36. The van der Waals surface area contributed by atoms with Crippen LogP contribution in [-0.2, 0) is 11.3 Å². The molecular formula is C25H23F2N3O4. The lowest BCUT2D eigenvalue weighted by Gasteiger charge is -2.28. The van der Waals surface area contributed by atoms with Crippen molar-refractivity contribution in [2.45, 2.75) is 32.6 Å². The Morgan fingerprint density at radius 2 is 2.00 bits per heavy atom. The molecule has 176 valence electrons. The zero-order valence-electron chi connectivity index (χ0n) is 18.8. The molecule has 0 spiro atoms. The second-order valence-electron chi connectivity index (χ2n) is 8.30. The fourth-order valence-corrected chi connectivity index (χ4v) is 4.22. The van der Waals surface area contributed by atoms with E-state index in [-0.39, 0.29) is 17.4 Å². The van der Waals surface area contributed by atoms with Gasteiger partial charge in [0.2, 0.25) is 5.91 Å². The van der Waals surface area contributed by atoms with E-state index in [0.29, 0.717) is 36.4 Å². The first-order chi connectivity index (χ1) is 16.3. The average molecular weight is 467 g/mol. The normalized spacial score (nSPS) is 17.9. The number of alkyl halides is 2. The van der Waals surface area contributed by atoms with E-state index in [4.69, 9.17) is 4.74 Å². The highest BCUT2D eigenvalue weighted by molar-refractivity contribution is 5.98. The van der Waals surface area contributed by atoms with Gasteiger partial charge in [-0.1, -0.05) is 12.1 Å². The standard InChI is InChI=1S/C25H23F2N3O4/c1-16-13-30(15-28-16)20-7-5-17(11-22(20)32-2)10-19-4-3-9-29(24(19)31)14-18-6-8-21-23(12-18)34-25(26,27)33-21/h5-8,10-13,15H,3-4,9,14H2,1-2H3/b19-10+. The van der Waals surface area contributed by atoms with Crippen LogP contribution < -0.4 is 14.2 Å². The van der Waals surface area contributed by atoms with Gasteiger partial charge < -0.3 is 23.7 Å². The van der Waals surface area contributed by atoms with Crippen LogP contribution >= 0.6 is 0 Å². The van der Waals surface area contributed by atoms with Gasteiger partial charge in [0.05, 0.1) is 24.8 Å². The Morgan fingerprint density at radius 1 is 1.18 bits per heavy atom. The molecule has 2 aliphatic rings. The van der Waals surface area contributed by atoms with Crippen molar-refractivity contribution in [3.63, 3.8) is 0 Å². The molecule has 0 bridgehead atoms. The molecule has 1 aromatic heterocycles. The largest absolute Gasteiger partial charge is 0.586 e. The fourth-order valence-electron chi connectivity index (χ4n) is 4.22. The van der Waals surface area contributed by atoms with E-state index in [2.05, 4.69) is 14.5 Å². The number of likely N-dealkylation sites (tertiary alicyclic amines) is 1. The SMILES string of the molecule is COc1cc(/C=C2\CCCN(Cc3ccc4c(c3)OC(F)(F)O4)C2=O)ccc1-n1cnc(C)c1. The number of hydrogen-bond acceptors (Lipinski definition) is 5. The highest BCUT2D eigenvalue weighted by Crippen LogP contribution is 2.41. The molecule has 34 heavy (non-hydrogen) atoms. The minimum absolute atomic E-state index is 0.0115. The first-order valence-corrected chi connectivity index (χ1v) is 10.9. The number of aromatic nitrogens is 2. The van der Waals surface area contributed by atoms with Crippen molar-refractivity contribution < 1.29 is 27.8 Å². The number of nitrogens with zero attached hydrogens (tertiary/aromatic N) is 3. The molecule has 1 saturated heterocycles. The summed E-state index contributed by atoms with van der Waals surface area (Å²) >= 11 is 0. The van der Waals surface area contributed by atoms with E-state index in [1.165, 1.54) is 12.1 Å². The molecule has 2 aliphatic heterocycles. The number of fused-ring (bicyclic) bond motifs is 1. The Kier molecular flexibility index (Phi) is 5.47. The number of methoxy groups -OCH3 is 1. The summed E-state index contributed by atoms with van der Waals surface area (Å²) in [6.07, 6.45) is 3.32. The molecule has 0 atom stereocenters. The van der Waals surface area contributed by atoms with Crippen LogP contribution in [0.25, 0.3) is 11.8 Å². The predicted octanol–water partition coefficient (Wildman–Crippen LogP) is 4.72. The lowest BCUT2D eigenvalue weighted by atomic mass is 10.00. The molecule has 3 aromatic rings. The van der Waals surface area contributed by atoms with Crippen LogP contribution in [0.3, 0.4) is 0 Å². The summed E-state index contributed by atoms with van der Waals surface area (Å²) in [7, 11) is 1.61. The Morgan fingerprint density at radius 3 is 2.76 bits per heavy atom. The molecular weight excluding hydrogens is 444 g/mol. The number of aryl methyl sites for hydroxylation is 1. The Hall–Kier alpha value is -3.88. The van der Waals surface area contributed by atoms with Crippen molar-refractivity contribution in [2.24, 2.45) is 0 Å². The third-order valence-electron chi connectivity index (χ3n) is 5.81. The second-order valence-corrected chi connectivity index (χ2v) is 8.30. The summed E-state index contributed by atoms with van der Waals surface area (Å²) in [4.78, 5) is 19.1. The Labute approximate surface area is 195 Å². The minimum Gasteiger partial charge on any atom is -0.495 e. The quantitative estimate of drug-likeness (QED) is 0.508. The number of rotatable bonds is 5. The van der Waals surface area contributed by atoms with E-state index in [1.807, 2.05) is 42.0 Å². The number of carbonyl (C=O) groups excluding carboxylic acids is 1. The molecule has 0 aliphatic carbocycles. The number of halogens is 2. The molecule has 0 radical (unpaired) electrons. The monoisotopic (exact) mass is 467 g/mol. The summed E-state index contributed by atoms with van der Waals surface area (Å²) in [5, 5.41) is 0. The maximum atomic E-state index is 13.3. The topological polar surface area (TPSA) is 65.8 Å². The van der Waals surface area contributed by atoms with Gasteiger partial charge in [0, 0.05) is 24.9 Å². The van der Waals surface area contributed by atoms with Crippen molar-refractivity contribution in [3.8, 4) is 22.9 Å². The molecule has 0 unspecified atom stereocenters. The molecule has 0 saturated carbocycles. The number of carbonyl (C=O) groups is 1. The summed E-state index contributed by atoms with van der Waals surface area (Å²) < 4.78 is 43.0. The highest BCUT2D eigenvalue weighted by Gasteiger charge is 2.43. The maximum absolute atomic E-state index is 13.3. The van der Waals surface area contributed by atoms with Gasteiger partial charge in [-0.3, -0.25) is 4.79 Å². The Balaban J connectivity index is 1.34. The third kappa shape index (κ3) is 4.33. The third-order valence-corrected chi connectivity index (χ3v) is 5.81. The van der Waals surface area contributed by atoms with Gasteiger partial charge >= 0.3 is 6.29 Å². The van der Waals surface area contributed by atoms with Gasteiger partial charge in [-0.25, -0.2) is 4.98 Å². The molecule has 3 heterocycles. The van der Waals surface area contributed by atoms with Crippen LogP contribution in [-0.4, -0.2) is 40.3 Å². The van der Waals surface area contributed by atoms with E-state index < -0.39 is 6.29 Å². The average Bonchev–Trinajstić information content (AvgIpc) is 3.37. The zero-order valence-corrected chi connectivity index (χ0v) is 18.8. The zero-order chi connectivity index (χ0) is 23.9. The van der Waals surface area contributed by atoms with Crippen molar-refractivity contribution >= 4 is 12.0 Å². The molecule has 1 fully saturated rings. The summed E-state index contributed by atoms with van der Waals surface area (Å²) in [5.74, 6) is 0.553.